The summed E-state index contributed by atoms with van der Waals surface area (Å²) >= 11 is 0. The highest BCUT2D eigenvalue weighted by Gasteiger charge is 2.26. The van der Waals surface area contributed by atoms with Gasteiger partial charge in [-0.05, 0) is 12.5 Å². The molecule has 0 bridgehead atoms. The Labute approximate surface area is 89.1 Å². The zero-order valence-electron chi connectivity index (χ0n) is 8.73. The zero-order valence-corrected chi connectivity index (χ0v) is 8.73. The second-order valence-electron chi connectivity index (χ2n) is 3.61. The number of amides is 1. The normalized spacial score (nSPS) is 14.3. The van der Waals surface area contributed by atoms with Crippen molar-refractivity contribution in [2.75, 3.05) is 13.2 Å². The highest BCUT2D eigenvalue weighted by Crippen LogP contribution is 2.19. The lowest BCUT2D eigenvalue weighted by molar-refractivity contribution is -0.122. The summed E-state index contributed by atoms with van der Waals surface area (Å²) in [5.74, 6) is -0.282. The minimum absolute atomic E-state index is 0.0809. The molecule has 0 radical (unpaired) electrons. The van der Waals surface area contributed by atoms with E-state index in [0.717, 1.165) is 5.56 Å². The summed E-state index contributed by atoms with van der Waals surface area (Å²) in [6.07, 6.45) is 0. The van der Waals surface area contributed by atoms with Gasteiger partial charge in [0.2, 0.25) is 5.91 Å². The highest BCUT2D eigenvalue weighted by atomic mass is 16.3. The number of hydrogen-bond donors (Lipinski definition) is 3. The summed E-state index contributed by atoms with van der Waals surface area (Å²) in [5.41, 5.74) is 5.31. The van der Waals surface area contributed by atoms with Gasteiger partial charge in [0.25, 0.3) is 0 Å². The van der Waals surface area contributed by atoms with Crippen LogP contribution in [0.3, 0.4) is 0 Å². The molecule has 1 aromatic carbocycles. The number of rotatable bonds is 4. The zero-order chi connectivity index (χ0) is 11.3. The van der Waals surface area contributed by atoms with Crippen LogP contribution in [0.1, 0.15) is 12.5 Å². The van der Waals surface area contributed by atoms with E-state index in [9.17, 15) is 9.90 Å². The quantitative estimate of drug-likeness (QED) is 0.650. The molecule has 0 fully saturated rings. The number of aliphatic hydroxyl groups excluding tert-OH is 1. The molecule has 0 saturated heterocycles. The van der Waals surface area contributed by atoms with E-state index in [-0.39, 0.29) is 19.1 Å². The van der Waals surface area contributed by atoms with Crippen LogP contribution in [0.15, 0.2) is 30.3 Å². The van der Waals surface area contributed by atoms with E-state index in [2.05, 4.69) is 5.32 Å². The molecule has 1 aromatic rings. The van der Waals surface area contributed by atoms with Crippen LogP contribution < -0.4 is 11.1 Å². The van der Waals surface area contributed by atoms with Crippen LogP contribution in [0, 0.1) is 0 Å². The first kappa shape index (κ1) is 11.7. The molecule has 1 rings (SSSR count). The first-order valence-corrected chi connectivity index (χ1v) is 4.80. The molecule has 0 spiro atoms. The number of carbonyl (C=O) groups is 1. The van der Waals surface area contributed by atoms with Gasteiger partial charge in [-0.15, -0.1) is 0 Å². The topological polar surface area (TPSA) is 75.3 Å². The number of nitrogens with one attached hydrogen (secondary N) is 1. The first-order valence-electron chi connectivity index (χ1n) is 4.80. The third kappa shape index (κ3) is 2.78. The first-order chi connectivity index (χ1) is 7.12. The molecule has 0 aromatic heterocycles. The van der Waals surface area contributed by atoms with Crippen LogP contribution in [0.2, 0.25) is 0 Å². The fourth-order valence-corrected chi connectivity index (χ4v) is 1.37. The number of aliphatic hydroxyl groups is 1. The summed E-state index contributed by atoms with van der Waals surface area (Å²) in [6.45, 7) is 1.51. The minimum atomic E-state index is -0.766. The molecule has 0 aliphatic carbocycles. The molecule has 4 nitrogen and oxygen atoms in total. The number of carbonyl (C=O) groups excluding carboxylic acids is 1. The van der Waals surface area contributed by atoms with Crippen molar-refractivity contribution >= 4 is 5.91 Å². The summed E-state index contributed by atoms with van der Waals surface area (Å²) in [5, 5.41) is 12.0. The van der Waals surface area contributed by atoms with Crippen LogP contribution in [0.25, 0.3) is 0 Å². The van der Waals surface area contributed by atoms with Gasteiger partial charge in [0, 0.05) is 0 Å². The van der Waals surface area contributed by atoms with E-state index in [4.69, 9.17) is 5.73 Å². The van der Waals surface area contributed by atoms with Crippen LogP contribution >= 0.6 is 0 Å². The Hall–Kier alpha value is -1.39. The molecule has 0 saturated carbocycles. The van der Waals surface area contributed by atoms with Crippen molar-refractivity contribution in [2.24, 2.45) is 5.73 Å². The van der Waals surface area contributed by atoms with Crippen molar-refractivity contribution < 1.29 is 9.90 Å². The van der Waals surface area contributed by atoms with Crippen LogP contribution in [-0.2, 0) is 10.3 Å². The van der Waals surface area contributed by atoms with Crippen molar-refractivity contribution in [3.63, 3.8) is 0 Å². The van der Waals surface area contributed by atoms with E-state index < -0.39 is 5.54 Å². The van der Waals surface area contributed by atoms with Crippen molar-refractivity contribution in [1.29, 1.82) is 0 Å². The molecule has 1 atom stereocenters. The number of hydrogen-bond acceptors (Lipinski definition) is 3. The monoisotopic (exact) mass is 208 g/mol. The highest BCUT2D eigenvalue weighted by molar-refractivity contribution is 5.78. The van der Waals surface area contributed by atoms with E-state index in [1.54, 1.807) is 6.92 Å². The third-order valence-electron chi connectivity index (χ3n) is 2.33. The van der Waals surface area contributed by atoms with Crippen molar-refractivity contribution in [2.45, 2.75) is 12.5 Å². The van der Waals surface area contributed by atoms with Crippen molar-refractivity contribution in [1.82, 2.24) is 5.32 Å². The number of nitrogens with two attached hydrogens (primary N) is 1. The SMILES string of the molecule is CC(CO)(NC(=O)CN)c1ccccc1. The minimum Gasteiger partial charge on any atom is -0.394 e. The average Bonchev–Trinajstić information content (AvgIpc) is 2.30. The third-order valence-corrected chi connectivity index (χ3v) is 2.33. The van der Waals surface area contributed by atoms with Gasteiger partial charge in [-0.3, -0.25) is 4.79 Å². The van der Waals surface area contributed by atoms with Crippen LogP contribution in [-0.4, -0.2) is 24.2 Å². The van der Waals surface area contributed by atoms with Gasteiger partial charge in [-0.25, -0.2) is 0 Å². The smallest absolute Gasteiger partial charge is 0.234 e. The molecule has 1 amide bonds. The predicted molar refractivity (Wildman–Crippen MR) is 58.1 cm³/mol. The maximum atomic E-state index is 11.2. The summed E-state index contributed by atoms with van der Waals surface area (Å²) in [7, 11) is 0. The molecule has 4 N–H and O–H groups in total. The van der Waals surface area contributed by atoms with Gasteiger partial charge < -0.3 is 16.2 Å². The van der Waals surface area contributed by atoms with Gasteiger partial charge in [0.1, 0.15) is 0 Å². The maximum Gasteiger partial charge on any atom is 0.234 e. The molecule has 0 aliphatic heterocycles. The predicted octanol–water partition coefficient (Wildman–Crippen LogP) is -0.0310. The lowest BCUT2D eigenvalue weighted by Crippen LogP contribution is -2.48. The number of benzene rings is 1. The Morgan fingerprint density at radius 3 is 2.53 bits per heavy atom. The fraction of sp³-hybridized carbons (Fsp3) is 0.364. The molecule has 0 heterocycles. The van der Waals surface area contributed by atoms with Crippen molar-refractivity contribution in [3.05, 3.63) is 35.9 Å². The maximum absolute atomic E-state index is 11.2. The van der Waals surface area contributed by atoms with E-state index in [1.807, 2.05) is 30.3 Å². The standard InChI is InChI=1S/C11H16N2O2/c1-11(8-14,13-10(15)7-12)9-5-3-2-4-6-9/h2-6,14H,7-8,12H2,1H3,(H,13,15). The van der Waals surface area contributed by atoms with Crippen LogP contribution in [0.4, 0.5) is 0 Å². The Balaban J connectivity index is 2.90. The van der Waals surface area contributed by atoms with Crippen LogP contribution in [0.5, 0.6) is 0 Å². The molecule has 82 valence electrons. The molecular weight excluding hydrogens is 192 g/mol. The van der Waals surface area contributed by atoms with Crippen molar-refractivity contribution in [3.8, 4) is 0 Å². The molecule has 1 unspecified atom stereocenters. The van der Waals surface area contributed by atoms with E-state index in [1.165, 1.54) is 0 Å². The largest absolute Gasteiger partial charge is 0.394 e. The Kier molecular flexibility index (Phi) is 3.82. The molecule has 0 aliphatic rings. The molecule has 15 heavy (non-hydrogen) atoms. The van der Waals surface area contributed by atoms with E-state index >= 15 is 0 Å². The second-order valence-corrected chi connectivity index (χ2v) is 3.61. The Bertz CT molecular complexity index is 327. The van der Waals surface area contributed by atoms with Gasteiger partial charge in [-0.1, -0.05) is 30.3 Å². The fourth-order valence-electron chi connectivity index (χ4n) is 1.37. The average molecular weight is 208 g/mol. The van der Waals surface area contributed by atoms with Gasteiger partial charge in [0.05, 0.1) is 18.7 Å². The lowest BCUT2D eigenvalue weighted by Gasteiger charge is -2.29. The Morgan fingerprint density at radius 1 is 1.47 bits per heavy atom. The van der Waals surface area contributed by atoms with Gasteiger partial charge in [-0.2, -0.15) is 0 Å². The Morgan fingerprint density at radius 2 is 2.07 bits per heavy atom. The molecule has 4 heteroatoms. The summed E-state index contributed by atoms with van der Waals surface area (Å²) < 4.78 is 0. The van der Waals surface area contributed by atoms with Gasteiger partial charge in [0.15, 0.2) is 0 Å². The molecular formula is C11H16N2O2. The van der Waals surface area contributed by atoms with E-state index in [0.29, 0.717) is 0 Å². The lowest BCUT2D eigenvalue weighted by atomic mass is 9.93. The summed E-state index contributed by atoms with van der Waals surface area (Å²) in [6, 6.07) is 9.31. The summed E-state index contributed by atoms with van der Waals surface area (Å²) in [4.78, 5) is 11.2. The second kappa shape index (κ2) is 4.91. The van der Waals surface area contributed by atoms with Gasteiger partial charge >= 0.3 is 0 Å².